The summed E-state index contributed by atoms with van der Waals surface area (Å²) in [6.45, 7) is 5.18. The van der Waals surface area contributed by atoms with Crippen molar-refractivity contribution in [2.45, 2.75) is 38.1 Å². The Morgan fingerprint density at radius 1 is 1.25 bits per heavy atom. The van der Waals surface area contributed by atoms with E-state index in [1.54, 1.807) is 13.8 Å². The van der Waals surface area contributed by atoms with Crippen molar-refractivity contribution in [3.8, 4) is 0 Å². The topological polar surface area (TPSA) is 151 Å². The minimum Gasteiger partial charge on any atom is -0.480 e. The van der Waals surface area contributed by atoms with E-state index in [-0.39, 0.29) is 16.6 Å². The number of anilines is 2. The number of urea groups is 1. The predicted octanol–water partition coefficient (Wildman–Crippen LogP) is 2.40. The summed E-state index contributed by atoms with van der Waals surface area (Å²) in [7, 11) is -3.87. The summed E-state index contributed by atoms with van der Waals surface area (Å²) < 4.78 is 31.7. The molecule has 0 unspecified atom stereocenters. The van der Waals surface area contributed by atoms with E-state index >= 15 is 0 Å². The van der Waals surface area contributed by atoms with Crippen LogP contribution in [0.5, 0.6) is 0 Å². The van der Waals surface area contributed by atoms with Crippen molar-refractivity contribution in [1.29, 1.82) is 0 Å². The van der Waals surface area contributed by atoms with Gasteiger partial charge in [0.1, 0.15) is 11.8 Å². The van der Waals surface area contributed by atoms with Gasteiger partial charge in [0.2, 0.25) is 0 Å². The van der Waals surface area contributed by atoms with E-state index in [1.807, 2.05) is 6.92 Å². The zero-order valence-corrected chi connectivity index (χ0v) is 16.4. The molecule has 4 N–H and O–H groups in total. The molecule has 28 heavy (non-hydrogen) atoms. The van der Waals surface area contributed by atoms with Gasteiger partial charge in [0.15, 0.2) is 5.82 Å². The van der Waals surface area contributed by atoms with Gasteiger partial charge in [-0.25, -0.2) is 18.0 Å². The quantitative estimate of drug-likeness (QED) is 0.521. The summed E-state index contributed by atoms with van der Waals surface area (Å²) in [6, 6.07) is 5.10. The number of amides is 2. The molecule has 0 aliphatic carbocycles. The zero-order chi connectivity index (χ0) is 20.9. The molecule has 0 bridgehead atoms. The molecule has 11 heteroatoms. The van der Waals surface area contributed by atoms with Gasteiger partial charge in [-0.3, -0.25) is 4.72 Å². The van der Waals surface area contributed by atoms with E-state index in [0.29, 0.717) is 17.9 Å². The average molecular weight is 410 g/mol. The van der Waals surface area contributed by atoms with Gasteiger partial charge in [-0.05, 0) is 37.1 Å². The van der Waals surface area contributed by atoms with Crippen molar-refractivity contribution in [2.24, 2.45) is 5.92 Å². The van der Waals surface area contributed by atoms with Crippen LogP contribution in [0.3, 0.4) is 0 Å². The molecule has 1 heterocycles. The van der Waals surface area contributed by atoms with Crippen molar-refractivity contribution in [3.05, 3.63) is 36.1 Å². The molecule has 0 aliphatic heterocycles. The lowest BCUT2D eigenvalue weighted by Gasteiger charge is -2.20. The number of aromatic nitrogens is 1. The molecule has 10 nitrogen and oxygen atoms in total. The van der Waals surface area contributed by atoms with E-state index in [9.17, 15) is 23.1 Å². The number of rotatable bonds is 8. The summed E-state index contributed by atoms with van der Waals surface area (Å²) in [5.74, 6) is -0.855. The molecule has 2 aromatic rings. The summed E-state index contributed by atoms with van der Waals surface area (Å²) >= 11 is 0. The molecule has 2 amide bonds. The maximum atomic E-state index is 12.3. The van der Waals surface area contributed by atoms with Crippen molar-refractivity contribution < 1.29 is 27.6 Å². The number of nitrogens with zero attached hydrogens (tertiary/aromatic N) is 1. The molecule has 0 spiro atoms. The number of hydrogen-bond donors (Lipinski definition) is 4. The lowest BCUT2D eigenvalue weighted by molar-refractivity contribution is -0.140. The van der Waals surface area contributed by atoms with Crippen molar-refractivity contribution in [2.75, 3.05) is 10.0 Å². The smallest absolute Gasteiger partial charge is 0.326 e. The van der Waals surface area contributed by atoms with Gasteiger partial charge in [0.05, 0.1) is 4.90 Å². The summed E-state index contributed by atoms with van der Waals surface area (Å²) in [4.78, 5) is 23.3. The van der Waals surface area contributed by atoms with Crippen LogP contribution in [0.25, 0.3) is 0 Å². The summed E-state index contributed by atoms with van der Waals surface area (Å²) in [6.07, 6.45) is 0.585. The highest BCUT2D eigenvalue weighted by Crippen LogP contribution is 2.18. The fourth-order valence-electron chi connectivity index (χ4n) is 2.32. The fourth-order valence-corrected chi connectivity index (χ4v) is 3.30. The molecule has 1 aromatic carbocycles. The number of hydrogen-bond acceptors (Lipinski definition) is 6. The Balaban J connectivity index is 2.03. The first-order chi connectivity index (χ1) is 13.1. The van der Waals surface area contributed by atoms with E-state index in [1.165, 1.54) is 30.3 Å². The van der Waals surface area contributed by atoms with Crippen LogP contribution in [-0.2, 0) is 14.8 Å². The summed E-state index contributed by atoms with van der Waals surface area (Å²) in [5, 5.41) is 17.7. The number of aliphatic carboxylic acids is 1. The maximum Gasteiger partial charge on any atom is 0.326 e. The molecule has 1 aromatic heterocycles. The van der Waals surface area contributed by atoms with Gasteiger partial charge < -0.3 is 20.3 Å². The number of carboxylic acids is 1. The molecular weight excluding hydrogens is 388 g/mol. The van der Waals surface area contributed by atoms with Crippen LogP contribution in [0, 0.1) is 12.8 Å². The van der Waals surface area contributed by atoms with Crippen LogP contribution >= 0.6 is 0 Å². The Kier molecular flexibility index (Phi) is 6.62. The van der Waals surface area contributed by atoms with Gasteiger partial charge >= 0.3 is 12.0 Å². The molecular formula is C17H22N4O6S. The first-order valence-electron chi connectivity index (χ1n) is 8.49. The molecule has 0 fully saturated rings. The minimum atomic E-state index is -3.87. The van der Waals surface area contributed by atoms with Crippen molar-refractivity contribution >= 4 is 33.5 Å². The maximum absolute atomic E-state index is 12.3. The third kappa shape index (κ3) is 5.46. The van der Waals surface area contributed by atoms with Crippen LogP contribution in [0.2, 0.25) is 0 Å². The van der Waals surface area contributed by atoms with E-state index in [2.05, 4.69) is 20.5 Å². The van der Waals surface area contributed by atoms with Gasteiger partial charge in [-0.2, -0.15) is 0 Å². The van der Waals surface area contributed by atoms with Gasteiger partial charge in [0.25, 0.3) is 10.0 Å². The Bertz CT molecular complexity index is 939. The van der Waals surface area contributed by atoms with E-state index < -0.39 is 28.1 Å². The van der Waals surface area contributed by atoms with Crippen molar-refractivity contribution in [1.82, 2.24) is 10.5 Å². The van der Waals surface area contributed by atoms with Crippen LogP contribution in [0.1, 0.15) is 26.0 Å². The SMILES string of the molecule is CC[C@@H](C)[C@H](NC(=O)Nc1ccc(S(=O)(=O)Nc2cc(C)on2)cc1)C(=O)O. The predicted molar refractivity (Wildman–Crippen MR) is 102 cm³/mol. The highest BCUT2D eigenvalue weighted by atomic mass is 32.2. The number of nitrogens with one attached hydrogen (secondary N) is 3. The monoisotopic (exact) mass is 410 g/mol. The highest BCUT2D eigenvalue weighted by Gasteiger charge is 2.25. The van der Waals surface area contributed by atoms with Crippen LogP contribution < -0.4 is 15.4 Å². The number of carboxylic acid groups (broad SMARTS) is 1. The average Bonchev–Trinajstić information content (AvgIpc) is 3.03. The fraction of sp³-hybridized carbons (Fsp3) is 0.353. The third-order valence-corrected chi connectivity index (χ3v) is 5.43. The molecule has 0 saturated carbocycles. The molecule has 2 atom stereocenters. The summed E-state index contributed by atoms with van der Waals surface area (Å²) in [5.41, 5.74) is 0.307. The Hall–Kier alpha value is -3.08. The number of sulfonamides is 1. The van der Waals surface area contributed by atoms with Crippen molar-refractivity contribution in [3.63, 3.8) is 0 Å². The zero-order valence-electron chi connectivity index (χ0n) is 15.6. The number of carbonyl (C=O) groups is 2. The van der Waals surface area contributed by atoms with Gasteiger partial charge in [-0.1, -0.05) is 25.4 Å². The number of benzene rings is 1. The first-order valence-corrected chi connectivity index (χ1v) is 9.97. The second-order valence-corrected chi connectivity index (χ2v) is 7.93. The lowest BCUT2D eigenvalue weighted by atomic mass is 9.99. The highest BCUT2D eigenvalue weighted by molar-refractivity contribution is 7.92. The molecule has 152 valence electrons. The minimum absolute atomic E-state index is 0.0397. The Morgan fingerprint density at radius 2 is 1.89 bits per heavy atom. The molecule has 0 radical (unpaired) electrons. The Labute approximate surface area is 162 Å². The second-order valence-electron chi connectivity index (χ2n) is 6.25. The molecule has 0 saturated heterocycles. The van der Waals surface area contributed by atoms with Crippen LogP contribution in [0.4, 0.5) is 16.3 Å². The van der Waals surface area contributed by atoms with Gasteiger partial charge in [-0.15, -0.1) is 0 Å². The molecule has 0 aliphatic rings. The van der Waals surface area contributed by atoms with E-state index in [4.69, 9.17) is 4.52 Å². The second kappa shape index (κ2) is 8.74. The standard InChI is InChI=1S/C17H22N4O6S/c1-4-10(2)15(16(22)23)19-17(24)18-12-5-7-13(8-6-12)28(25,26)21-14-9-11(3)27-20-14/h5-10,15H,4H2,1-3H3,(H,20,21)(H,22,23)(H2,18,19,24)/t10-,15+/m1/s1. The Morgan fingerprint density at radius 3 is 2.39 bits per heavy atom. The van der Waals surface area contributed by atoms with Gasteiger partial charge in [0, 0.05) is 11.8 Å². The van der Waals surface area contributed by atoms with Crippen LogP contribution in [-0.4, -0.2) is 36.7 Å². The normalized spacial score (nSPS) is 13.4. The number of carbonyl (C=O) groups excluding carboxylic acids is 1. The largest absolute Gasteiger partial charge is 0.480 e. The third-order valence-electron chi connectivity index (χ3n) is 4.06. The number of aryl methyl sites for hydroxylation is 1. The van der Waals surface area contributed by atoms with Crippen LogP contribution in [0.15, 0.2) is 39.8 Å². The lowest BCUT2D eigenvalue weighted by Crippen LogP contribution is -2.46. The molecule has 2 rings (SSSR count). The first kappa shape index (κ1) is 21.2. The van der Waals surface area contributed by atoms with E-state index in [0.717, 1.165) is 0 Å².